The molecule has 1 fully saturated rings. The average molecular weight is 320 g/mol. The first-order chi connectivity index (χ1) is 10.3. The van der Waals surface area contributed by atoms with Crippen molar-refractivity contribution in [3.8, 4) is 0 Å². The van der Waals surface area contributed by atoms with E-state index in [1.54, 1.807) is 11.8 Å². The third-order valence-electron chi connectivity index (χ3n) is 4.44. The Morgan fingerprint density at radius 1 is 1.14 bits per heavy atom. The number of anilines is 1. The molecule has 6 heteroatoms. The fourth-order valence-electron chi connectivity index (χ4n) is 3.33. The minimum Gasteiger partial charge on any atom is -0.356 e. The van der Waals surface area contributed by atoms with Gasteiger partial charge < -0.3 is 9.80 Å². The molecule has 1 saturated heterocycles. The highest BCUT2D eigenvalue weighted by atomic mass is 32.2. The van der Waals surface area contributed by atoms with Crippen molar-refractivity contribution in [3.05, 3.63) is 10.4 Å². The minimum absolute atomic E-state index is 0.913. The predicted molar refractivity (Wildman–Crippen MR) is 90.7 cm³/mol. The zero-order valence-corrected chi connectivity index (χ0v) is 14.2. The van der Waals surface area contributed by atoms with Gasteiger partial charge in [0.1, 0.15) is 10.6 Å². The average Bonchev–Trinajstić information content (AvgIpc) is 3.12. The lowest BCUT2D eigenvalue weighted by molar-refractivity contribution is 0.318. The van der Waals surface area contributed by atoms with Gasteiger partial charge in [-0.1, -0.05) is 11.8 Å². The molecule has 0 radical (unpaired) electrons. The van der Waals surface area contributed by atoms with Gasteiger partial charge in [-0.15, -0.1) is 11.3 Å². The van der Waals surface area contributed by atoms with Gasteiger partial charge in [-0.2, -0.15) is 0 Å². The molecule has 0 aliphatic carbocycles. The van der Waals surface area contributed by atoms with Crippen molar-refractivity contribution in [1.82, 2.24) is 14.9 Å². The van der Waals surface area contributed by atoms with Crippen molar-refractivity contribution >= 4 is 39.1 Å². The molecule has 0 N–H and O–H groups in total. The standard InChI is InChI=1S/C15H20N4S2/c1-18-8-5-10-11(9-18)21-14-12(10)13(16-15(17-14)20-2)19-6-3-4-7-19/h3-9H2,1-2H3. The van der Waals surface area contributed by atoms with Crippen LogP contribution >= 0.6 is 23.1 Å². The number of fused-ring (bicyclic) bond motifs is 3. The summed E-state index contributed by atoms with van der Waals surface area (Å²) in [6, 6.07) is 0. The number of thiophene rings is 1. The van der Waals surface area contributed by atoms with Gasteiger partial charge in [0.15, 0.2) is 5.16 Å². The summed E-state index contributed by atoms with van der Waals surface area (Å²) in [5.41, 5.74) is 1.52. The number of likely N-dealkylation sites (N-methyl/N-ethyl adjacent to an activating group) is 1. The zero-order valence-electron chi connectivity index (χ0n) is 12.6. The van der Waals surface area contributed by atoms with E-state index in [4.69, 9.17) is 9.97 Å². The van der Waals surface area contributed by atoms with Gasteiger partial charge in [-0.25, -0.2) is 9.97 Å². The summed E-state index contributed by atoms with van der Waals surface area (Å²) < 4.78 is 0. The van der Waals surface area contributed by atoms with Crippen LogP contribution in [0.25, 0.3) is 10.2 Å². The van der Waals surface area contributed by atoms with Crippen LogP contribution in [0.3, 0.4) is 0 Å². The van der Waals surface area contributed by atoms with Crippen molar-refractivity contribution in [3.63, 3.8) is 0 Å². The van der Waals surface area contributed by atoms with E-state index >= 15 is 0 Å². The Morgan fingerprint density at radius 3 is 2.71 bits per heavy atom. The first-order valence-electron chi connectivity index (χ1n) is 7.56. The van der Waals surface area contributed by atoms with Crippen molar-refractivity contribution in [2.45, 2.75) is 31.0 Å². The SMILES string of the molecule is CSc1nc(N2CCCC2)c2c3c(sc2n1)CN(C)CC3. The van der Waals surface area contributed by atoms with Crippen LogP contribution in [0.1, 0.15) is 23.3 Å². The molecule has 4 nitrogen and oxygen atoms in total. The lowest BCUT2D eigenvalue weighted by Crippen LogP contribution is -2.25. The van der Waals surface area contributed by atoms with Crippen molar-refractivity contribution < 1.29 is 0 Å². The second-order valence-corrected chi connectivity index (χ2v) is 7.76. The summed E-state index contributed by atoms with van der Waals surface area (Å²) >= 11 is 3.52. The maximum absolute atomic E-state index is 4.87. The van der Waals surface area contributed by atoms with Gasteiger partial charge in [0.2, 0.25) is 0 Å². The molecule has 2 aliphatic heterocycles. The fraction of sp³-hybridized carbons (Fsp3) is 0.600. The summed E-state index contributed by atoms with van der Waals surface area (Å²) in [5.74, 6) is 1.20. The second kappa shape index (κ2) is 5.41. The molecule has 0 unspecified atom stereocenters. The molecular formula is C15H20N4S2. The number of thioether (sulfide) groups is 1. The summed E-state index contributed by atoms with van der Waals surface area (Å²) in [5, 5.41) is 2.26. The lowest BCUT2D eigenvalue weighted by Gasteiger charge is -2.23. The van der Waals surface area contributed by atoms with Gasteiger partial charge in [-0.05, 0) is 38.1 Å². The highest BCUT2D eigenvalue weighted by Crippen LogP contribution is 2.40. The first kappa shape index (κ1) is 13.8. The monoisotopic (exact) mass is 320 g/mol. The summed E-state index contributed by atoms with van der Waals surface area (Å²) in [7, 11) is 2.20. The molecule has 0 bridgehead atoms. The zero-order chi connectivity index (χ0) is 14.4. The van der Waals surface area contributed by atoms with E-state index in [1.807, 2.05) is 11.3 Å². The number of nitrogens with zero attached hydrogens (tertiary/aromatic N) is 4. The molecule has 2 aromatic heterocycles. The normalized spacial score (nSPS) is 19.4. The number of hydrogen-bond acceptors (Lipinski definition) is 6. The maximum Gasteiger partial charge on any atom is 0.190 e. The highest BCUT2D eigenvalue weighted by Gasteiger charge is 2.26. The minimum atomic E-state index is 0.913. The molecule has 0 atom stereocenters. The van der Waals surface area contributed by atoms with Crippen LogP contribution in [0.15, 0.2) is 5.16 Å². The van der Waals surface area contributed by atoms with Gasteiger partial charge in [0, 0.05) is 31.1 Å². The Labute approximate surface area is 133 Å². The van der Waals surface area contributed by atoms with E-state index in [9.17, 15) is 0 Å². The topological polar surface area (TPSA) is 32.3 Å². The molecule has 4 heterocycles. The van der Waals surface area contributed by atoms with E-state index in [2.05, 4.69) is 23.1 Å². The molecule has 0 amide bonds. The van der Waals surface area contributed by atoms with Crippen LogP contribution in [-0.4, -0.2) is 47.8 Å². The molecule has 0 saturated carbocycles. The summed E-state index contributed by atoms with van der Waals surface area (Å²) in [4.78, 5) is 17.2. The van der Waals surface area contributed by atoms with Gasteiger partial charge in [0.25, 0.3) is 0 Å². The maximum atomic E-state index is 4.87. The Hall–Kier alpha value is -0.850. The Balaban J connectivity index is 1.92. The van der Waals surface area contributed by atoms with Crippen molar-refractivity contribution in [1.29, 1.82) is 0 Å². The molecule has 0 aromatic carbocycles. The van der Waals surface area contributed by atoms with E-state index in [-0.39, 0.29) is 0 Å². The number of rotatable bonds is 2. The molecule has 0 spiro atoms. The Bertz CT molecular complexity index is 676. The van der Waals surface area contributed by atoms with E-state index in [0.717, 1.165) is 37.8 Å². The van der Waals surface area contributed by atoms with Crippen LogP contribution in [0, 0.1) is 0 Å². The fourth-order valence-corrected chi connectivity index (χ4v) is 5.05. The quantitative estimate of drug-likeness (QED) is 0.627. The predicted octanol–water partition coefficient (Wildman–Crippen LogP) is 3.00. The molecule has 112 valence electrons. The first-order valence-corrected chi connectivity index (χ1v) is 9.60. The third kappa shape index (κ3) is 2.33. The van der Waals surface area contributed by atoms with E-state index in [1.165, 1.54) is 39.3 Å². The van der Waals surface area contributed by atoms with Crippen molar-refractivity contribution in [2.75, 3.05) is 37.8 Å². The third-order valence-corrected chi connectivity index (χ3v) is 6.10. The van der Waals surface area contributed by atoms with Crippen molar-refractivity contribution in [2.24, 2.45) is 0 Å². The number of aromatic nitrogens is 2. The van der Waals surface area contributed by atoms with Crippen LogP contribution in [0.2, 0.25) is 0 Å². The van der Waals surface area contributed by atoms with E-state index < -0.39 is 0 Å². The van der Waals surface area contributed by atoms with Crippen LogP contribution in [-0.2, 0) is 13.0 Å². The Kier molecular flexibility index (Phi) is 3.55. The summed E-state index contributed by atoms with van der Waals surface area (Å²) in [6.07, 6.45) is 5.77. The number of hydrogen-bond donors (Lipinski definition) is 0. The molecular weight excluding hydrogens is 300 g/mol. The Morgan fingerprint density at radius 2 is 1.95 bits per heavy atom. The molecule has 4 rings (SSSR count). The van der Waals surface area contributed by atoms with Gasteiger partial charge in [0.05, 0.1) is 5.39 Å². The molecule has 2 aliphatic rings. The van der Waals surface area contributed by atoms with Crippen LogP contribution in [0.5, 0.6) is 0 Å². The van der Waals surface area contributed by atoms with Gasteiger partial charge in [-0.3, -0.25) is 0 Å². The second-order valence-electron chi connectivity index (χ2n) is 5.90. The summed E-state index contributed by atoms with van der Waals surface area (Å²) in [6.45, 7) is 4.49. The highest BCUT2D eigenvalue weighted by molar-refractivity contribution is 7.98. The molecule has 21 heavy (non-hydrogen) atoms. The van der Waals surface area contributed by atoms with Crippen LogP contribution in [0.4, 0.5) is 5.82 Å². The van der Waals surface area contributed by atoms with Gasteiger partial charge >= 0.3 is 0 Å². The largest absolute Gasteiger partial charge is 0.356 e. The van der Waals surface area contributed by atoms with E-state index in [0.29, 0.717) is 0 Å². The van der Waals surface area contributed by atoms with Crippen LogP contribution < -0.4 is 4.90 Å². The molecule has 2 aromatic rings. The smallest absolute Gasteiger partial charge is 0.190 e. The lowest BCUT2D eigenvalue weighted by atomic mass is 10.1.